The number of rotatable bonds is 9. The molecule has 0 rings (SSSR count). The number of hydrogen-bond acceptors (Lipinski definition) is 4. The first-order chi connectivity index (χ1) is 7.45. The quantitative estimate of drug-likeness (QED) is 0.272. The van der Waals surface area contributed by atoms with Gasteiger partial charge >= 0.3 is 0 Å². The molecule has 0 aliphatic heterocycles. The van der Waals surface area contributed by atoms with E-state index in [0.29, 0.717) is 26.6 Å². The topological polar surface area (TPSA) is 36.9 Å². The first-order valence-electron chi connectivity index (χ1n) is 5.43. The fourth-order valence-electron chi connectivity index (χ4n) is 0.805. The van der Waals surface area contributed by atoms with Crippen LogP contribution in [0.2, 0.25) is 19.6 Å². The van der Waals surface area contributed by atoms with Gasteiger partial charge in [0.2, 0.25) is 8.32 Å². The smallest absolute Gasteiger partial charge is 0.241 e. The fraction of sp³-hybridized carbons (Fsp3) is 0.818. The van der Waals surface area contributed by atoms with Crippen molar-refractivity contribution in [3.63, 3.8) is 0 Å². The van der Waals surface area contributed by atoms with Crippen LogP contribution in [0.4, 0.5) is 0 Å². The van der Waals surface area contributed by atoms with E-state index in [1.807, 2.05) is 13.2 Å². The van der Waals surface area contributed by atoms with Gasteiger partial charge in [-0.05, 0) is 32.1 Å². The molecule has 0 saturated carbocycles. The molecule has 4 nitrogen and oxygen atoms in total. The molecule has 0 atom stereocenters. The highest BCUT2D eigenvalue weighted by Crippen LogP contribution is 2.05. The summed E-state index contributed by atoms with van der Waals surface area (Å²) in [5.41, 5.74) is 1.09. The second-order valence-corrected chi connectivity index (χ2v) is 9.02. The van der Waals surface area contributed by atoms with Crippen LogP contribution in [0.15, 0.2) is 11.8 Å². The Morgan fingerprint density at radius 2 is 1.75 bits per heavy atom. The maximum atomic E-state index is 5.63. The van der Waals surface area contributed by atoms with E-state index in [2.05, 4.69) is 19.6 Å². The second kappa shape index (κ2) is 8.75. The molecule has 0 saturated heterocycles. The van der Waals surface area contributed by atoms with Crippen molar-refractivity contribution in [1.82, 2.24) is 0 Å². The van der Waals surface area contributed by atoms with Crippen molar-refractivity contribution in [3.8, 4) is 0 Å². The molecule has 0 heterocycles. The zero-order valence-corrected chi connectivity index (χ0v) is 12.0. The lowest BCUT2D eigenvalue weighted by Gasteiger charge is -2.16. The van der Waals surface area contributed by atoms with Gasteiger partial charge in [-0.15, -0.1) is 0 Å². The van der Waals surface area contributed by atoms with Crippen LogP contribution in [0.3, 0.4) is 0 Å². The molecule has 0 N–H and O–H groups in total. The lowest BCUT2D eigenvalue weighted by Crippen LogP contribution is -2.22. The molecule has 0 aliphatic rings. The molecule has 16 heavy (non-hydrogen) atoms. The molecule has 5 heteroatoms. The van der Waals surface area contributed by atoms with Crippen molar-refractivity contribution in [1.29, 1.82) is 0 Å². The lowest BCUT2D eigenvalue weighted by atomic mass is 10.4. The maximum Gasteiger partial charge on any atom is 0.241 e. The van der Waals surface area contributed by atoms with Crippen molar-refractivity contribution in [2.75, 3.05) is 33.7 Å². The Balaban J connectivity index is 3.46. The fourth-order valence-corrected chi connectivity index (χ4v) is 1.36. The van der Waals surface area contributed by atoms with E-state index in [4.69, 9.17) is 18.6 Å². The van der Waals surface area contributed by atoms with Crippen molar-refractivity contribution in [2.45, 2.75) is 26.6 Å². The standard InChI is InChI=1S/C11H24O4Si/c1-11(9-15-16(3,4)5)8-13-6-7-14-10-12-2/h9H,6-8,10H2,1-5H3. The third kappa shape index (κ3) is 11.7. The summed E-state index contributed by atoms with van der Waals surface area (Å²) >= 11 is 0. The van der Waals surface area contributed by atoms with Crippen molar-refractivity contribution < 1.29 is 18.6 Å². The van der Waals surface area contributed by atoms with Gasteiger partial charge in [0.15, 0.2) is 0 Å². The normalized spacial score (nSPS) is 12.9. The first kappa shape index (κ1) is 15.6. The van der Waals surface area contributed by atoms with Crippen LogP contribution < -0.4 is 0 Å². The Bertz CT molecular complexity index is 199. The molecule has 0 aromatic rings. The largest absolute Gasteiger partial charge is 0.550 e. The first-order valence-corrected chi connectivity index (χ1v) is 8.84. The zero-order valence-electron chi connectivity index (χ0n) is 11.0. The number of hydrogen-bond donors (Lipinski definition) is 0. The van der Waals surface area contributed by atoms with Gasteiger partial charge in [0, 0.05) is 7.11 Å². The minimum Gasteiger partial charge on any atom is -0.550 e. The molecule has 0 amide bonds. The average molecular weight is 248 g/mol. The van der Waals surface area contributed by atoms with E-state index in [0.717, 1.165) is 5.57 Å². The van der Waals surface area contributed by atoms with E-state index < -0.39 is 8.32 Å². The molecule has 0 aromatic carbocycles. The molecule has 96 valence electrons. The summed E-state index contributed by atoms with van der Waals surface area (Å²) in [6.07, 6.45) is 1.81. The number of methoxy groups -OCH3 is 1. The Morgan fingerprint density at radius 3 is 2.31 bits per heavy atom. The summed E-state index contributed by atoms with van der Waals surface area (Å²) in [6.45, 7) is 10.5. The predicted molar refractivity (Wildman–Crippen MR) is 66.8 cm³/mol. The van der Waals surface area contributed by atoms with E-state index in [1.165, 1.54) is 0 Å². The van der Waals surface area contributed by atoms with Gasteiger partial charge in [-0.2, -0.15) is 0 Å². The molecule has 0 aliphatic carbocycles. The Morgan fingerprint density at radius 1 is 1.12 bits per heavy atom. The summed E-state index contributed by atoms with van der Waals surface area (Å²) in [6, 6.07) is 0. The summed E-state index contributed by atoms with van der Waals surface area (Å²) in [5, 5.41) is 0. The van der Waals surface area contributed by atoms with Gasteiger partial charge in [-0.3, -0.25) is 0 Å². The van der Waals surface area contributed by atoms with Crippen LogP contribution in [0.1, 0.15) is 6.92 Å². The summed E-state index contributed by atoms with van der Waals surface area (Å²) in [7, 11) is 0.140. The molecule has 0 fully saturated rings. The van der Waals surface area contributed by atoms with E-state index >= 15 is 0 Å². The van der Waals surface area contributed by atoms with E-state index in [1.54, 1.807) is 7.11 Å². The van der Waals surface area contributed by atoms with Crippen LogP contribution in [0, 0.1) is 0 Å². The lowest BCUT2D eigenvalue weighted by molar-refractivity contribution is -0.0489. The molecular formula is C11H24O4Si. The van der Waals surface area contributed by atoms with E-state index in [9.17, 15) is 0 Å². The van der Waals surface area contributed by atoms with Gasteiger partial charge in [0.05, 0.1) is 26.1 Å². The molecule has 0 spiro atoms. The highest BCUT2D eigenvalue weighted by Gasteiger charge is 2.13. The van der Waals surface area contributed by atoms with Crippen molar-refractivity contribution in [2.24, 2.45) is 0 Å². The van der Waals surface area contributed by atoms with Crippen molar-refractivity contribution >= 4 is 8.32 Å². The van der Waals surface area contributed by atoms with E-state index in [-0.39, 0.29) is 0 Å². The van der Waals surface area contributed by atoms with Gasteiger partial charge < -0.3 is 18.6 Å². The predicted octanol–water partition coefficient (Wildman–Crippen LogP) is 2.38. The van der Waals surface area contributed by atoms with Gasteiger partial charge in [0.1, 0.15) is 6.79 Å². The molecule has 0 unspecified atom stereocenters. The maximum absolute atomic E-state index is 5.63. The van der Waals surface area contributed by atoms with Gasteiger partial charge in [0.25, 0.3) is 0 Å². The van der Waals surface area contributed by atoms with Crippen LogP contribution in [0.25, 0.3) is 0 Å². The SMILES string of the molecule is COCOCCOCC(C)=CO[Si](C)(C)C. The summed E-state index contributed by atoms with van der Waals surface area (Å²) < 4.78 is 20.9. The minimum absolute atomic E-state index is 0.316. The molecule has 0 aromatic heterocycles. The molecule has 0 bridgehead atoms. The minimum atomic E-state index is -1.46. The summed E-state index contributed by atoms with van der Waals surface area (Å²) in [5.74, 6) is 0. The highest BCUT2D eigenvalue weighted by molar-refractivity contribution is 6.69. The van der Waals surface area contributed by atoms with Crippen LogP contribution in [0.5, 0.6) is 0 Å². The summed E-state index contributed by atoms with van der Waals surface area (Å²) in [4.78, 5) is 0. The average Bonchev–Trinajstić information content (AvgIpc) is 2.19. The van der Waals surface area contributed by atoms with Gasteiger partial charge in [-0.1, -0.05) is 0 Å². The Hall–Kier alpha value is -0.363. The van der Waals surface area contributed by atoms with Crippen LogP contribution >= 0.6 is 0 Å². The third-order valence-electron chi connectivity index (χ3n) is 1.52. The van der Waals surface area contributed by atoms with Crippen LogP contribution in [-0.4, -0.2) is 42.0 Å². The third-order valence-corrected chi connectivity index (χ3v) is 2.34. The Kier molecular flexibility index (Phi) is 8.55. The number of ether oxygens (including phenoxy) is 3. The van der Waals surface area contributed by atoms with Crippen LogP contribution in [-0.2, 0) is 18.6 Å². The highest BCUT2D eigenvalue weighted by atomic mass is 28.4. The molecular weight excluding hydrogens is 224 g/mol. The Labute approximate surface area is 99.7 Å². The molecule has 0 radical (unpaired) electrons. The second-order valence-electron chi connectivity index (χ2n) is 4.56. The zero-order chi connectivity index (χ0) is 12.4. The van der Waals surface area contributed by atoms with Gasteiger partial charge in [-0.25, -0.2) is 0 Å². The monoisotopic (exact) mass is 248 g/mol. The van der Waals surface area contributed by atoms with Crippen molar-refractivity contribution in [3.05, 3.63) is 11.8 Å².